The Bertz CT molecular complexity index is 2590. The summed E-state index contributed by atoms with van der Waals surface area (Å²) in [5.41, 5.74) is 8.48. The van der Waals surface area contributed by atoms with Crippen LogP contribution in [0, 0.1) is 0 Å². The summed E-state index contributed by atoms with van der Waals surface area (Å²) in [7, 11) is 21.8. The lowest BCUT2D eigenvalue weighted by Crippen LogP contribution is -2.43. The molecule has 6 rings (SSSR count). The molecular weight excluding hydrogens is 905 g/mol. The number of carbonyl (C=O) groups excluding carboxylic acids is 2. The van der Waals surface area contributed by atoms with Crippen LogP contribution in [0.2, 0.25) is 0 Å². The number of fused-ring (bicyclic) bond motifs is 2. The second-order valence-electron chi connectivity index (χ2n) is 20.1. The number of nitrogens with one attached hydrogen (secondary N) is 2. The van der Waals surface area contributed by atoms with E-state index in [1.807, 2.05) is 33.7 Å². The fourth-order valence-corrected chi connectivity index (χ4v) is 11.5. The summed E-state index contributed by atoms with van der Waals surface area (Å²) >= 11 is 0. The Morgan fingerprint density at radius 3 is 1.27 bits per heavy atom. The summed E-state index contributed by atoms with van der Waals surface area (Å²) in [6, 6.07) is 34.0. The van der Waals surface area contributed by atoms with Crippen molar-refractivity contribution in [2.75, 3.05) is 114 Å². The monoisotopic (exact) mass is 983 g/mol. The molecule has 6 aromatic rings. The van der Waals surface area contributed by atoms with Crippen molar-refractivity contribution in [2.45, 2.75) is 52.6 Å². The molecule has 0 bridgehead atoms. The van der Waals surface area contributed by atoms with Crippen LogP contribution in [0.1, 0.15) is 62.0 Å². The molecule has 12 heteroatoms. The Kier molecular flexibility index (Phi) is 19.5. The van der Waals surface area contributed by atoms with Crippen molar-refractivity contribution in [2.24, 2.45) is 0 Å². The van der Waals surface area contributed by atoms with Gasteiger partial charge in [0.2, 0.25) is 23.2 Å². The largest absolute Gasteiger partial charge is 0.377 e. The SMILES string of the molecule is CC(=O)Nc1cc[n+](CCCC[N+](C)(C)CCSSCC[N+](C)(C)CCCC[n+]2ccc(NC(C)=O)cc2/C=C/c2ccc(N(C)C)c3ccccc23)c(/C=C/c2ccc(N(C)C)c3ccccc23)c1. The molecule has 0 aliphatic carbocycles. The van der Waals surface area contributed by atoms with Crippen molar-refractivity contribution >= 4 is 102 Å². The zero-order valence-corrected chi connectivity index (χ0v) is 45.1. The van der Waals surface area contributed by atoms with E-state index in [4.69, 9.17) is 0 Å². The molecule has 0 saturated carbocycles. The number of quaternary nitrogens is 2. The van der Waals surface area contributed by atoms with Gasteiger partial charge in [0.1, 0.15) is 13.1 Å². The van der Waals surface area contributed by atoms with Gasteiger partial charge in [0, 0.05) is 126 Å². The highest BCUT2D eigenvalue weighted by Crippen LogP contribution is 2.31. The highest BCUT2D eigenvalue weighted by atomic mass is 33.1. The Labute approximate surface area is 426 Å². The van der Waals surface area contributed by atoms with Crippen molar-refractivity contribution in [3.63, 3.8) is 0 Å². The van der Waals surface area contributed by atoms with Crippen LogP contribution >= 0.6 is 21.6 Å². The number of carbonyl (C=O) groups is 2. The predicted molar refractivity (Wildman–Crippen MR) is 303 cm³/mol. The summed E-state index contributed by atoms with van der Waals surface area (Å²) in [5, 5.41) is 10.8. The van der Waals surface area contributed by atoms with E-state index in [0.29, 0.717) is 0 Å². The number of amides is 2. The minimum Gasteiger partial charge on any atom is -0.377 e. The molecule has 0 fully saturated rings. The maximum Gasteiger partial charge on any atom is 0.221 e. The van der Waals surface area contributed by atoms with Gasteiger partial charge in [-0.05, 0) is 46.2 Å². The molecule has 0 unspecified atom stereocenters. The summed E-state index contributed by atoms with van der Waals surface area (Å²) < 4.78 is 6.64. The van der Waals surface area contributed by atoms with E-state index in [9.17, 15) is 9.59 Å². The number of anilines is 4. The molecular formula is C58H78N8O2S2+4. The summed E-state index contributed by atoms with van der Waals surface area (Å²) in [5.74, 6) is 2.13. The molecule has 2 N–H and O–H groups in total. The van der Waals surface area contributed by atoms with Crippen molar-refractivity contribution in [1.29, 1.82) is 0 Å². The molecule has 0 aliphatic rings. The smallest absolute Gasteiger partial charge is 0.221 e. The summed E-state index contributed by atoms with van der Waals surface area (Å²) in [6.45, 7) is 9.48. The van der Waals surface area contributed by atoms with Gasteiger partial charge >= 0.3 is 0 Å². The van der Waals surface area contributed by atoms with Gasteiger partial charge in [-0.15, -0.1) is 0 Å². The van der Waals surface area contributed by atoms with E-state index in [0.717, 1.165) is 108 Å². The lowest BCUT2D eigenvalue weighted by molar-refractivity contribution is -0.888. The van der Waals surface area contributed by atoms with Gasteiger partial charge in [0.25, 0.3) is 0 Å². The number of nitrogens with zero attached hydrogens (tertiary/aromatic N) is 6. The van der Waals surface area contributed by atoms with Gasteiger partial charge in [0.05, 0.1) is 77.3 Å². The first-order chi connectivity index (χ1) is 33.5. The van der Waals surface area contributed by atoms with E-state index < -0.39 is 0 Å². The number of unbranched alkanes of at least 4 members (excludes halogenated alkanes) is 2. The lowest BCUT2D eigenvalue weighted by Gasteiger charge is -2.30. The van der Waals surface area contributed by atoms with E-state index in [1.165, 1.54) is 44.0 Å². The third-order valence-corrected chi connectivity index (χ3v) is 15.3. The zero-order chi connectivity index (χ0) is 50.3. The molecule has 4 aromatic carbocycles. The van der Waals surface area contributed by atoms with Crippen molar-refractivity contribution < 1.29 is 27.7 Å². The molecule has 70 heavy (non-hydrogen) atoms. The first-order valence-corrected chi connectivity index (χ1v) is 27.2. The first-order valence-electron chi connectivity index (χ1n) is 24.7. The van der Waals surface area contributed by atoms with E-state index in [1.54, 1.807) is 13.8 Å². The van der Waals surface area contributed by atoms with Crippen LogP contribution in [-0.4, -0.2) is 115 Å². The number of pyridine rings is 2. The minimum absolute atomic E-state index is 0.0695. The molecule has 370 valence electrons. The highest BCUT2D eigenvalue weighted by Gasteiger charge is 2.19. The van der Waals surface area contributed by atoms with Gasteiger partial charge in [-0.2, -0.15) is 9.13 Å². The fourth-order valence-electron chi connectivity index (χ4n) is 8.94. The standard InChI is InChI=1S/C58H76N8O2S2/c1-45(67)59-49-31-35-63(51(43-49)27-23-47-25-29-57(61(3)4)55-21-13-11-19-53(47)55)33-15-17-37-65(7,8)39-41-69-70-42-40-66(9,10)38-18-16-34-64-36-32-50(60-46(2)68)44-52(64)28-24-48-26-30-58(62(5)6)56-22-14-12-20-54(48)56/h11-14,19-32,35-36,43-44H,15-18,33-34,37-42H2,1-10H3/q+2/p+2/b27-23+,28-24+. The summed E-state index contributed by atoms with van der Waals surface area (Å²) in [4.78, 5) is 28.2. The van der Waals surface area contributed by atoms with Gasteiger partial charge < -0.3 is 29.4 Å². The molecule has 2 heterocycles. The van der Waals surface area contributed by atoms with E-state index in [2.05, 4.69) is 208 Å². The minimum atomic E-state index is -0.0695. The van der Waals surface area contributed by atoms with Gasteiger partial charge in [0.15, 0.2) is 12.4 Å². The van der Waals surface area contributed by atoms with Gasteiger partial charge in [-0.3, -0.25) is 9.59 Å². The molecule has 0 spiro atoms. The van der Waals surface area contributed by atoms with Crippen molar-refractivity contribution in [3.8, 4) is 0 Å². The number of hydrogen-bond acceptors (Lipinski definition) is 6. The molecule has 0 saturated heterocycles. The van der Waals surface area contributed by atoms with Crippen molar-refractivity contribution in [1.82, 2.24) is 0 Å². The number of aromatic nitrogens is 2. The average Bonchev–Trinajstić information content (AvgIpc) is 3.31. The Morgan fingerprint density at radius 2 is 0.900 bits per heavy atom. The van der Waals surface area contributed by atoms with E-state index in [-0.39, 0.29) is 11.8 Å². The third kappa shape index (κ3) is 15.9. The van der Waals surface area contributed by atoms with Crippen LogP contribution < -0.4 is 29.6 Å². The fraction of sp³-hybridized carbons (Fsp3) is 0.379. The van der Waals surface area contributed by atoms with Gasteiger partial charge in [-0.1, -0.05) is 82.3 Å². The maximum atomic E-state index is 11.9. The van der Waals surface area contributed by atoms with Crippen LogP contribution in [0.4, 0.5) is 22.7 Å². The number of aryl methyl sites for hydroxylation is 2. The lowest BCUT2D eigenvalue weighted by atomic mass is 10.0. The molecule has 0 aliphatic heterocycles. The molecule has 10 nitrogen and oxygen atoms in total. The van der Waals surface area contributed by atoms with Crippen LogP contribution in [-0.2, 0) is 22.7 Å². The second-order valence-corrected chi connectivity index (χ2v) is 22.9. The van der Waals surface area contributed by atoms with Crippen molar-refractivity contribution in [3.05, 3.63) is 132 Å². The normalized spacial score (nSPS) is 12.1. The molecule has 2 amide bonds. The van der Waals surface area contributed by atoms with Crippen LogP contribution in [0.25, 0.3) is 45.8 Å². The first kappa shape index (κ1) is 53.7. The molecule has 2 aromatic heterocycles. The van der Waals surface area contributed by atoms with E-state index >= 15 is 0 Å². The number of rotatable bonds is 25. The topological polar surface area (TPSA) is 72.4 Å². The molecule has 0 radical (unpaired) electrons. The van der Waals surface area contributed by atoms with Gasteiger partial charge in [-0.25, -0.2) is 0 Å². The zero-order valence-electron chi connectivity index (χ0n) is 43.5. The van der Waals surface area contributed by atoms with Crippen LogP contribution in [0.5, 0.6) is 0 Å². The van der Waals surface area contributed by atoms with Crippen LogP contribution in [0.15, 0.2) is 109 Å². The Balaban J connectivity index is 0.928. The number of hydrogen-bond donors (Lipinski definition) is 2. The predicted octanol–water partition coefficient (Wildman–Crippen LogP) is 10.8. The highest BCUT2D eigenvalue weighted by molar-refractivity contribution is 8.76. The maximum absolute atomic E-state index is 11.9. The second kappa shape index (κ2) is 25.5. The Morgan fingerprint density at radius 1 is 0.514 bits per heavy atom. The quantitative estimate of drug-likeness (QED) is 0.0258. The number of benzene rings is 4. The van der Waals surface area contributed by atoms with Crippen LogP contribution in [0.3, 0.4) is 0 Å². The third-order valence-electron chi connectivity index (χ3n) is 12.9. The Hall–Kier alpha value is -5.66. The summed E-state index contributed by atoms with van der Waals surface area (Å²) in [6.07, 6.45) is 17.4. The molecule has 0 atom stereocenters. The average molecular weight is 983 g/mol.